The Hall–Kier alpha value is -2.02. The minimum absolute atomic E-state index is 0.608. The number of nitrogens with one attached hydrogen (secondary N) is 2. The van der Waals surface area contributed by atoms with Crippen molar-refractivity contribution in [3.8, 4) is 0 Å². The smallest absolute Gasteiger partial charge is 0.191 e. The maximum absolute atomic E-state index is 5.96. The fraction of sp³-hybridized carbons (Fsp3) is 0.476. The first-order chi connectivity index (χ1) is 13.8. The van der Waals surface area contributed by atoms with Gasteiger partial charge in [0, 0.05) is 37.6 Å². The van der Waals surface area contributed by atoms with Gasteiger partial charge in [-0.2, -0.15) is 0 Å². The highest BCUT2D eigenvalue weighted by Gasteiger charge is 2.09. The minimum atomic E-state index is 0.608. The number of aliphatic imine (C=N–C) groups is 1. The number of ether oxygens (including phenoxy) is 1. The molecule has 2 N–H and O–H groups in total. The number of rotatable bonds is 9. The Bertz CT molecular complexity index is 698. The second kappa shape index (κ2) is 11.7. The lowest BCUT2D eigenvalue weighted by Gasteiger charge is -2.26. The number of hydrogen-bond donors (Lipinski definition) is 2. The van der Waals surface area contributed by atoms with E-state index in [1.165, 1.54) is 0 Å². The molecule has 1 aliphatic heterocycles. The van der Waals surface area contributed by atoms with Crippen LogP contribution in [0.5, 0.6) is 0 Å². The lowest BCUT2D eigenvalue weighted by molar-refractivity contribution is 0.0376. The van der Waals surface area contributed by atoms with Crippen molar-refractivity contribution >= 4 is 17.6 Å². The zero-order valence-electron chi connectivity index (χ0n) is 16.2. The second-order valence-corrected chi connectivity index (χ2v) is 7.22. The number of furan rings is 1. The number of hydrogen-bond acceptors (Lipinski definition) is 4. The Balaban J connectivity index is 1.45. The Morgan fingerprint density at radius 3 is 2.61 bits per heavy atom. The van der Waals surface area contributed by atoms with Crippen LogP contribution in [-0.2, 0) is 17.7 Å². The summed E-state index contributed by atoms with van der Waals surface area (Å²) in [6.45, 7) is 7.07. The molecule has 0 bridgehead atoms. The summed E-state index contributed by atoms with van der Waals surface area (Å²) in [4.78, 5) is 7.16. The largest absolute Gasteiger partial charge is 0.469 e. The third kappa shape index (κ3) is 7.54. The van der Waals surface area contributed by atoms with E-state index in [0.29, 0.717) is 6.54 Å². The molecular weight excluding hydrogens is 376 g/mol. The van der Waals surface area contributed by atoms with Crippen LogP contribution in [0.25, 0.3) is 0 Å². The molecule has 0 saturated carbocycles. The van der Waals surface area contributed by atoms with E-state index in [2.05, 4.69) is 15.5 Å². The van der Waals surface area contributed by atoms with Crippen molar-refractivity contribution in [1.82, 2.24) is 15.5 Å². The maximum Gasteiger partial charge on any atom is 0.191 e. The van der Waals surface area contributed by atoms with Gasteiger partial charge >= 0.3 is 0 Å². The van der Waals surface area contributed by atoms with Gasteiger partial charge in [0.25, 0.3) is 0 Å². The first kappa shape index (κ1) is 20.7. The van der Waals surface area contributed by atoms with Crippen LogP contribution in [0, 0.1) is 0 Å². The molecule has 1 aromatic heterocycles. The van der Waals surface area contributed by atoms with Crippen molar-refractivity contribution in [3.05, 3.63) is 59.0 Å². The Morgan fingerprint density at radius 1 is 1.07 bits per heavy atom. The van der Waals surface area contributed by atoms with Gasteiger partial charge in [-0.05, 0) is 42.8 Å². The van der Waals surface area contributed by atoms with E-state index in [0.717, 1.165) is 81.1 Å². The SMILES string of the molecule is Clc1ccc(CN=C(NCCCN2CCOCC2)NCCc2ccco2)cc1. The number of morpholine rings is 1. The van der Waals surface area contributed by atoms with E-state index < -0.39 is 0 Å². The first-order valence-electron chi connectivity index (χ1n) is 9.89. The monoisotopic (exact) mass is 404 g/mol. The van der Waals surface area contributed by atoms with Gasteiger partial charge in [0.2, 0.25) is 0 Å². The van der Waals surface area contributed by atoms with Crippen LogP contribution in [0.2, 0.25) is 5.02 Å². The average Bonchev–Trinajstić information content (AvgIpc) is 3.24. The van der Waals surface area contributed by atoms with Crippen molar-refractivity contribution < 1.29 is 9.15 Å². The number of guanidine groups is 1. The molecule has 152 valence electrons. The predicted octanol–water partition coefficient (Wildman–Crippen LogP) is 2.93. The summed E-state index contributed by atoms with van der Waals surface area (Å²) < 4.78 is 10.8. The predicted molar refractivity (Wildman–Crippen MR) is 113 cm³/mol. The van der Waals surface area contributed by atoms with E-state index in [4.69, 9.17) is 25.7 Å². The summed E-state index contributed by atoms with van der Waals surface area (Å²) in [7, 11) is 0. The molecule has 0 amide bonds. The van der Waals surface area contributed by atoms with Gasteiger partial charge in [-0.25, -0.2) is 4.99 Å². The van der Waals surface area contributed by atoms with Crippen LogP contribution in [0.15, 0.2) is 52.1 Å². The highest BCUT2D eigenvalue weighted by atomic mass is 35.5. The van der Waals surface area contributed by atoms with Crippen LogP contribution in [-0.4, -0.2) is 56.8 Å². The summed E-state index contributed by atoms with van der Waals surface area (Å²) in [6.07, 6.45) is 3.59. The Morgan fingerprint density at radius 2 is 1.86 bits per heavy atom. The zero-order valence-corrected chi connectivity index (χ0v) is 17.0. The van der Waals surface area contributed by atoms with E-state index in [-0.39, 0.29) is 0 Å². The molecule has 7 heteroatoms. The van der Waals surface area contributed by atoms with Gasteiger partial charge in [0.1, 0.15) is 5.76 Å². The van der Waals surface area contributed by atoms with Crippen LogP contribution in [0.4, 0.5) is 0 Å². The molecule has 2 heterocycles. The fourth-order valence-corrected chi connectivity index (χ4v) is 3.15. The highest BCUT2D eigenvalue weighted by molar-refractivity contribution is 6.30. The molecule has 2 aromatic rings. The Labute approximate surface area is 171 Å². The molecule has 0 aliphatic carbocycles. The molecule has 0 unspecified atom stereocenters. The summed E-state index contributed by atoms with van der Waals surface area (Å²) in [5.74, 6) is 1.79. The van der Waals surface area contributed by atoms with Crippen LogP contribution < -0.4 is 10.6 Å². The number of benzene rings is 1. The summed E-state index contributed by atoms with van der Waals surface area (Å²) in [5.41, 5.74) is 1.13. The van der Waals surface area contributed by atoms with Gasteiger partial charge in [-0.3, -0.25) is 4.90 Å². The topological polar surface area (TPSA) is 62.0 Å². The van der Waals surface area contributed by atoms with Crippen molar-refractivity contribution in [3.63, 3.8) is 0 Å². The zero-order chi connectivity index (χ0) is 19.4. The molecule has 1 aromatic carbocycles. The van der Waals surface area contributed by atoms with Crippen molar-refractivity contribution in [1.29, 1.82) is 0 Å². The Kier molecular flexibility index (Phi) is 8.68. The summed E-state index contributed by atoms with van der Waals surface area (Å²) in [6, 6.07) is 11.7. The lowest BCUT2D eigenvalue weighted by Crippen LogP contribution is -2.41. The summed E-state index contributed by atoms with van der Waals surface area (Å²) in [5, 5.41) is 7.58. The highest BCUT2D eigenvalue weighted by Crippen LogP contribution is 2.10. The minimum Gasteiger partial charge on any atom is -0.469 e. The second-order valence-electron chi connectivity index (χ2n) is 6.78. The molecule has 28 heavy (non-hydrogen) atoms. The quantitative estimate of drug-likeness (QED) is 0.382. The molecule has 1 aliphatic rings. The molecule has 0 radical (unpaired) electrons. The van der Waals surface area contributed by atoms with Gasteiger partial charge in [0.05, 0.1) is 26.0 Å². The molecule has 0 spiro atoms. The molecule has 3 rings (SSSR count). The van der Waals surface area contributed by atoms with Crippen LogP contribution >= 0.6 is 11.6 Å². The van der Waals surface area contributed by atoms with Crippen molar-refractivity contribution in [2.45, 2.75) is 19.4 Å². The van der Waals surface area contributed by atoms with Gasteiger partial charge in [0.15, 0.2) is 5.96 Å². The third-order valence-electron chi connectivity index (χ3n) is 4.62. The number of nitrogens with zero attached hydrogens (tertiary/aromatic N) is 2. The van der Waals surface area contributed by atoms with Gasteiger partial charge in [-0.15, -0.1) is 0 Å². The van der Waals surface area contributed by atoms with E-state index in [1.807, 2.05) is 36.4 Å². The van der Waals surface area contributed by atoms with E-state index in [1.54, 1.807) is 6.26 Å². The average molecular weight is 405 g/mol. The van der Waals surface area contributed by atoms with Crippen LogP contribution in [0.1, 0.15) is 17.7 Å². The number of halogens is 1. The molecule has 6 nitrogen and oxygen atoms in total. The standard InChI is InChI=1S/C21H29ClN4O2/c22-19-6-4-18(5-7-19)17-25-21(24-10-8-20-3-1-14-28-20)23-9-2-11-26-12-15-27-16-13-26/h1,3-7,14H,2,8-13,15-17H2,(H2,23,24,25). The summed E-state index contributed by atoms with van der Waals surface area (Å²) >= 11 is 5.96. The third-order valence-corrected chi connectivity index (χ3v) is 4.88. The van der Waals surface area contributed by atoms with Gasteiger partial charge < -0.3 is 19.8 Å². The molecule has 1 saturated heterocycles. The van der Waals surface area contributed by atoms with Gasteiger partial charge in [-0.1, -0.05) is 23.7 Å². The first-order valence-corrected chi connectivity index (χ1v) is 10.3. The van der Waals surface area contributed by atoms with Crippen molar-refractivity contribution in [2.75, 3.05) is 45.9 Å². The fourth-order valence-electron chi connectivity index (χ4n) is 3.03. The maximum atomic E-state index is 5.96. The van der Waals surface area contributed by atoms with Crippen molar-refractivity contribution in [2.24, 2.45) is 4.99 Å². The van der Waals surface area contributed by atoms with E-state index in [9.17, 15) is 0 Å². The van der Waals surface area contributed by atoms with Crippen LogP contribution in [0.3, 0.4) is 0 Å². The molecule has 1 fully saturated rings. The normalized spacial score (nSPS) is 15.5. The lowest BCUT2D eigenvalue weighted by atomic mass is 10.2. The van der Waals surface area contributed by atoms with E-state index >= 15 is 0 Å². The molecule has 0 atom stereocenters. The molecular formula is C21H29ClN4O2.